The lowest BCUT2D eigenvalue weighted by atomic mass is 10.2. The van der Waals surface area contributed by atoms with Crippen LogP contribution < -0.4 is 5.32 Å². The molecule has 0 saturated carbocycles. The Kier molecular flexibility index (Phi) is 4.64. The summed E-state index contributed by atoms with van der Waals surface area (Å²) in [7, 11) is 0. The predicted molar refractivity (Wildman–Crippen MR) is 51.8 cm³/mol. The molecule has 0 fully saturated rings. The van der Waals surface area contributed by atoms with E-state index in [-0.39, 0.29) is 13.2 Å². The minimum Gasteiger partial charge on any atom is -0.395 e. The lowest BCUT2D eigenvalue weighted by molar-refractivity contribution is 0.121. The molecule has 86 valence electrons. The highest BCUT2D eigenvalue weighted by Crippen LogP contribution is 2.08. The third-order valence-corrected chi connectivity index (χ3v) is 2.12. The number of aliphatic hydroxyl groups excluding tert-OH is 1. The van der Waals surface area contributed by atoms with Crippen LogP contribution in [-0.4, -0.2) is 34.5 Å². The number of nitrogens with one attached hydrogen (secondary N) is 1. The summed E-state index contributed by atoms with van der Waals surface area (Å²) in [5.74, 6) is 0. The fourth-order valence-electron chi connectivity index (χ4n) is 1.28. The summed E-state index contributed by atoms with van der Waals surface area (Å²) in [6.07, 6.45) is -0.816. The van der Waals surface area contributed by atoms with E-state index < -0.39 is 6.43 Å². The van der Waals surface area contributed by atoms with Crippen LogP contribution in [0.4, 0.5) is 8.78 Å². The van der Waals surface area contributed by atoms with E-state index in [0.717, 1.165) is 11.3 Å². The number of halogens is 2. The summed E-state index contributed by atoms with van der Waals surface area (Å²) < 4.78 is 25.5. The standard InChI is InChI=1S/C9H15F2N3O/c1-7-8(4-12-2-3-15)5-13-14(7)6-9(10)11/h5,9,12,15H,2-4,6H2,1H3. The predicted octanol–water partition coefficient (Wildman–Crippen LogP) is 0.539. The van der Waals surface area contributed by atoms with Crippen molar-refractivity contribution in [3.63, 3.8) is 0 Å². The van der Waals surface area contributed by atoms with Gasteiger partial charge in [0.1, 0.15) is 6.54 Å². The fourth-order valence-corrected chi connectivity index (χ4v) is 1.28. The maximum Gasteiger partial charge on any atom is 0.257 e. The van der Waals surface area contributed by atoms with E-state index in [4.69, 9.17) is 5.11 Å². The molecule has 1 rings (SSSR count). The Morgan fingerprint density at radius 3 is 2.93 bits per heavy atom. The van der Waals surface area contributed by atoms with Crippen LogP contribution in [0.3, 0.4) is 0 Å². The van der Waals surface area contributed by atoms with E-state index in [0.29, 0.717) is 13.1 Å². The Hall–Kier alpha value is -1.01. The fraction of sp³-hybridized carbons (Fsp3) is 0.667. The number of rotatable bonds is 6. The van der Waals surface area contributed by atoms with E-state index in [1.165, 1.54) is 4.68 Å². The summed E-state index contributed by atoms with van der Waals surface area (Å²) >= 11 is 0. The van der Waals surface area contributed by atoms with Gasteiger partial charge in [0.25, 0.3) is 6.43 Å². The zero-order chi connectivity index (χ0) is 11.3. The minimum absolute atomic E-state index is 0.0597. The second-order valence-electron chi connectivity index (χ2n) is 3.23. The molecular weight excluding hydrogens is 204 g/mol. The lowest BCUT2D eigenvalue weighted by Crippen LogP contribution is -2.18. The third kappa shape index (κ3) is 3.56. The number of hydrogen-bond donors (Lipinski definition) is 2. The van der Waals surface area contributed by atoms with Gasteiger partial charge in [-0.15, -0.1) is 0 Å². The molecule has 0 unspecified atom stereocenters. The van der Waals surface area contributed by atoms with Crippen LogP contribution >= 0.6 is 0 Å². The summed E-state index contributed by atoms with van der Waals surface area (Å²) in [6.45, 7) is 2.47. The highest BCUT2D eigenvalue weighted by Gasteiger charge is 2.10. The highest BCUT2D eigenvalue weighted by atomic mass is 19.3. The summed E-state index contributed by atoms with van der Waals surface area (Å²) in [5.41, 5.74) is 1.62. The number of aliphatic hydroxyl groups is 1. The molecular formula is C9H15F2N3O. The molecule has 4 nitrogen and oxygen atoms in total. The molecule has 0 bridgehead atoms. The summed E-state index contributed by atoms with van der Waals surface area (Å²) in [4.78, 5) is 0. The van der Waals surface area contributed by atoms with Crippen molar-refractivity contribution >= 4 is 0 Å². The topological polar surface area (TPSA) is 50.1 Å². The average Bonchev–Trinajstić information content (AvgIpc) is 2.49. The van der Waals surface area contributed by atoms with E-state index in [1.54, 1.807) is 13.1 Å². The highest BCUT2D eigenvalue weighted by molar-refractivity contribution is 5.15. The second kappa shape index (κ2) is 5.77. The first kappa shape index (κ1) is 12.1. The molecule has 0 atom stereocenters. The molecule has 0 aliphatic heterocycles. The molecule has 6 heteroatoms. The van der Waals surface area contributed by atoms with Crippen LogP contribution in [0.2, 0.25) is 0 Å². The van der Waals surface area contributed by atoms with Gasteiger partial charge in [-0.1, -0.05) is 0 Å². The number of alkyl halides is 2. The zero-order valence-electron chi connectivity index (χ0n) is 8.58. The normalized spacial score (nSPS) is 11.3. The minimum atomic E-state index is -2.39. The molecule has 15 heavy (non-hydrogen) atoms. The number of nitrogens with zero attached hydrogens (tertiary/aromatic N) is 2. The van der Waals surface area contributed by atoms with Gasteiger partial charge in [0, 0.05) is 24.3 Å². The first-order valence-electron chi connectivity index (χ1n) is 4.76. The molecule has 2 N–H and O–H groups in total. The van der Waals surface area contributed by atoms with Gasteiger partial charge in [0.2, 0.25) is 0 Å². The average molecular weight is 219 g/mol. The zero-order valence-corrected chi connectivity index (χ0v) is 8.58. The first-order valence-corrected chi connectivity index (χ1v) is 4.76. The van der Waals surface area contributed by atoms with E-state index in [1.807, 2.05) is 0 Å². The van der Waals surface area contributed by atoms with Gasteiger partial charge < -0.3 is 10.4 Å². The van der Waals surface area contributed by atoms with Crippen LogP contribution in [0.15, 0.2) is 6.20 Å². The lowest BCUT2D eigenvalue weighted by Gasteiger charge is -2.05. The van der Waals surface area contributed by atoms with Crippen LogP contribution in [0, 0.1) is 6.92 Å². The van der Waals surface area contributed by atoms with Crippen molar-refractivity contribution in [2.75, 3.05) is 13.2 Å². The van der Waals surface area contributed by atoms with Crippen molar-refractivity contribution in [3.05, 3.63) is 17.5 Å². The smallest absolute Gasteiger partial charge is 0.257 e. The van der Waals surface area contributed by atoms with E-state index in [2.05, 4.69) is 10.4 Å². The largest absolute Gasteiger partial charge is 0.395 e. The van der Waals surface area contributed by atoms with Crippen molar-refractivity contribution in [1.82, 2.24) is 15.1 Å². The Morgan fingerprint density at radius 1 is 1.60 bits per heavy atom. The van der Waals surface area contributed by atoms with Crippen molar-refractivity contribution in [2.45, 2.75) is 26.4 Å². The maximum absolute atomic E-state index is 12.1. The van der Waals surface area contributed by atoms with Gasteiger partial charge in [0.15, 0.2) is 0 Å². The SMILES string of the molecule is Cc1c(CNCCO)cnn1CC(F)F. The van der Waals surface area contributed by atoms with E-state index in [9.17, 15) is 8.78 Å². The van der Waals surface area contributed by atoms with Crippen molar-refractivity contribution in [2.24, 2.45) is 0 Å². The molecule has 0 radical (unpaired) electrons. The van der Waals surface area contributed by atoms with Gasteiger partial charge in [0.05, 0.1) is 12.8 Å². The van der Waals surface area contributed by atoms with Gasteiger partial charge in [-0.25, -0.2) is 8.78 Å². The maximum atomic E-state index is 12.1. The summed E-state index contributed by atoms with van der Waals surface area (Å²) in [6, 6.07) is 0. The van der Waals surface area contributed by atoms with Crippen LogP contribution in [-0.2, 0) is 13.1 Å². The van der Waals surface area contributed by atoms with Gasteiger partial charge in [-0.05, 0) is 6.92 Å². The molecule has 0 aromatic carbocycles. The second-order valence-corrected chi connectivity index (χ2v) is 3.23. The Labute approximate surface area is 86.9 Å². The Bertz CT molecular complexity index is 302. The molecule has 0 aliphatic carbocycles. The van der Waals surface area contributed by atoms with Crippen molar-refractivity contribution in [3.8, 4) is 0 Å². The van der Waals surface area contributed by atoms with Gasteiger partial charge in [-0.2, -0.15) is 5.10 Å². The number of hydrogen-bond acceptors (Lipinski definition) is 3. The summed E-state index contributed by atoms with van der Waals surface area (Å²) in [5, 5.41) is 15.4. The van der Waals surface area contributed by atoms with E-state index >= 15 is 0 Å². The molecule has 1 heterocycles. The van der Waals surface area contributed by atoms with Gasteiger partial charge >= 0.3 is 0 Å². The Morgan fingerprint density at radius 2 is 2.33 bits per heavy atom. The Balaban J connectivity index is 2.55. The van der Waals surface area contributed by atoms with Crippen molar-refractivity contribution in [1.29, 1.82) is 0 Å². The van der Waals surface area contributed by atoms with Crippen LogP contribution in [0.5, 0.6) is 0 Å². The van der Waals surface area contributed by atoms with Crippen LogP contribution in [0.1, 0.15) is 11.3 Å². The molecule has 0 aliphatic rings. The third-order valence-electron chi connectivity index (χ3n) is 2.12. The van der Waals surface area contributed by atoms with Gasteiger partial charge in [-0.3, -0.25) is 4.68 Å². The molecule has 1 aromatic heterocycles. The molecule has 0 saturated heterocycles. The van der Waals surface area contributed by atoms with Crippen LogP contribution in [0.25, 0.3) is 0 Å². The quantitative estimate of drug-likeness (QED) is 0.686. The molecule has 0 spiro atoms. The number of aromatic nitrogens is 2. The monoisotopic (exact) mass is 219 g/mol. The molecule has 0 amide bonds. The first-order chi connectivity index (χ1) is 7.15. The molecule has 1 aromatic rings. The van der Waals surface area contributed by atoms with Crippen molar-refractivity contribution < 1.29 is 13.9 Å².